The monoisotopic (exact) mass is 483 g/mol. The van der Waals surface area contributed by atoms with Crippen LogP contribution in [-0.2, 0) is 29.5 Å². The second-order valence-electron chi connectivity index (χ2n) is 7.50. The molecule has 1 aliphatic heterocycles. The molecule has 0 aromatic carbocycles. The third-order valence-electron chi connectivity index (χ3n) is 5.02. The quantitative estimate of drug-likeness (QED) is 0.424. The molecule has 174 valence electrons. The van der Waals surface area contributed by atoms with Gasteiger partial charge in [0.1, 0.15) is 0 Å². The minimum absolute atomic E-state index is 0.0279. The van der Waals surface area contributed by atoms with Crippen molar-refractivity contribution in [2.24, 2.45) is 0 Å². The Hall–Kier alpha value is -1.21. The standard InChI is InChI=1S/C18H33N3O6S3/c1-7-28(22,23)16(4)10-19-13-20(11-17(5)29(24,25)8-2)15-21(14-19)12-18(6)30(26,27)9-3/h7-8,12,16-17H,1-2,9-11,13-15H2,3-6H3. The number of allylic oxidation sites excluding steroid dienone is 1. The molecule has 0 spiro atoms. The molecule has 1 rings (SSSR count). The van der Waals surface area contributed by atoms with E-state index < -0.39 is 40.0 Å². The number of hydrogen-bond donors (Lipinski definition) is 0. The van der Waals surface area contributed by atoms with Crippen molar-refractivity contribution in [2.75, 3.05) is 38.8 Å². The van der Waals surface area contributed by atoms with Crippen LogP contribution in [0.5, 0.6) is 0 Å². The Balaban J connectivity index is 3.14. The molecule has 1 heterocycles. The fraction of sp³-hybridized carbons (Fsp3) is 0.667. The topological polar surface area (TPSA) is 112 Å². The second kappa shape index (κ2) is 10.4. The number of hydrogen-bond acceptors (Lipinski definition) is 9. The zero-order chi connectivity index (χ0) is 23.3. The molecule has 30 heavy (non-hydrogen) atoms. The molecule has 0 amide bonds. The molecular formula is C18H33N3O6S3. The van der Waals surface area contributed by atoms with E-state index in [1.807, 2.05) is 9.80 Å². The first-order valence-electron chi connectivity index (χ1n) is 9.51. The Kier molecular flexibility index (Phi) is 9.30. The fourth-order valence-electron chi connectivity index (χ4n) is 3.07. The maximum absolute atomic E-state index is 12.1. The van der Waals surface area contributed by atoms with Crippen LogP contribution in [0, 0.1) is 0 Å². The molecule has 1 fully saturated rings. The predicted molar refractivity (Wildman–Crippen MR) is 120 cm³/mol. The van der Waals surface area contributed by atoms with Gasteiger partial charge >= 0.3 is 0 Å². The van der Waals surface area contributed by atoms with Crippen molar-refractivity contribution >= 4 is 29.5 Å². The van der Waals surface area contributed by atoms with Crippen molar-refractivity contribution < 1.29 is 25.3 Å². The summed E-state index contributed by atoms with van der Waals surface area (Å²) < 4.78 is 72.6. The van der Waals surface area contributed by atoms with Crippen LogP contribution in [0.2, 0.25) is 0 Å². The Labute approximate surface area is 181 Å². The molecule has 0 N–H and O–H groups in total. The summed E-state index contributed by atoms with van der Waals surface area (Å²) in [6, 6.07) is 0. The zero-order valence-electron chi connectivity index (χ0n) is 18.1. The normalized spacial score (nSPS) is 20.0. The van der Waals surface area contributed by atoms with Crippen LogP contribution in [0.1, 0.15) is 27.7 Å². The zero-order valence-corrected chi connectivity index (χ0v) is 20.5. The fourth-order valence-corrected chi connectivity index (χ4v) is 5.33. The van der Waals surface area contributed by atoms with Gasteiger partial charge in [-0.3, -0.25) is 9.80 Å². The minimum atomic E-state index is -3.47. The number of nitrogens with zero attached hydrogens (tertiary/aromatic N) is 3. The first kappa shape index (κ1) is 26.8. The van der Waals surface area contributed by atoms with Gasteiger partial charge in [-0.05, 0) is 20.8 Å². The maximum Gasteiger partial charge on any atom is 0.175 e. The molecule has 2 atom stereocenters. The highest BCUT2D eigenvalue weighted by molar-refractivity contribution is 7.95. The van der Waals surface area contributed by atoms with Crippen molar-refractivity contribution in [1.29, 1.82) is 0 Å². The van der Waals surface area contributed by atoms with E-state index in [4.69, 9.17) is 0 Å². The average molecular weight is 484 g/mol. The summed E-state index contributed by atoms with van der Waals surface area (Å²) in [7, 11) is -10.3. The van der Waals surface area contributed by atoms with E-state index in [-0.39, 0.29) is 23.7 Å². The SMILES string of the molecule is C=CS(=O)(=O)C(C)CN1CN(C=C(C)S(=O)(=O)CC)CN(CC(C)S(=O)(=O)C=C)C1. The van der Waals surface area contributed by atoms with Crippen LogP contribution in [0.3, 0.4) is 0 Å². The van der Waals surface area contributed by atoms with E-state index in [9.17, 15) is 25.3 Å². The average Bonchev–Trinajstić information content (AvgIpc) is 2.67. The van der Waals surface area contributed by atoms with E-state index in [1.54, 1.807) is 25.7 Å². The predicted octanol–water partition coefficient (Wildman–Crippen LogP) is 0.968. The van der Waals surface area contributed by atoms with E-state index in [1.165, 1.54) is 13.1 Å². The molecule has 0 radical (unpaired) electrons. The Morgan fingerprint density at radius 1 is 0.867 bits per heavy atom. The highest BCUT2D eigenvalue weighted by atomic mass is 32.2. The van der Waals surface area contributed by atoms with E-state index in [0.29, 0.717) is 20.0 Å². The van der Waals surface area contributed by atoms with Crippen LogP contribution >= 0.6 is 0 Å². The van der Waals surface area contributed by atoms with Crippen molar-refractivity contribution in [3.8, 4) is 0 Å². The van der Waals surface area contributed by atoms with Gasteiger partial charge in [-0.25, -0.2) is 25.3 Å². The van der Waals surface area contributed by atoms with Crippen molar-refractivity contribution in [1.82, 2.24) is 14.7 Å². The Bertz CT molecular complexity index is 917. The number of sulfone groups is 3. The van der Waals surface area contributed by atoms with Gasteiger partial charge in [0.05, 0.1) is 41.2 Å². The maximum atomic E-state index is 12.1. The summed E-state index contributed by atoms with van der Waals surface area (Å²) in [5.41, 5.74) is 0. The van der Waals surface area contributed by atoms with Crippen molar-refractivity contribution in [3.05, 3.63) is 35.1 Å². The highest BCUT2D eigenvalue weighted by Crippen LogP contribution is 2.17. The lowest BCUT2D eigenvalue weighted by Gasteiger charge is -2.43. The van der Waals surface area contributed by atoms with Gasteiger partial charge in [-0.1, -0.05) is 20.1 Å². The Morgan fingerprint density at radius 3 is 1.60 bits per heavy atom. The highest BCUT2D eigenvalue weighted by Gasteiger charge is 2.29. The lowest BCUT2D eigenvalue weighted by molar-refractivity contribution is -0.00370. The molecular weight excluding hydrogens is 450 g/mol. The van der Waals surface area contributed by atoms with Gasteiger partial charge in [0, 0.05) is 30.1 Å². The summed E-state index contributed by atoms with van der Waals surface area (Å²) in [4.78, 5) is 5.62. The number of rotatable bonds is 11. The lowest BCUT2D eigenvalue weighted by atomic mass is 10.3. The van der Waals surface area contributed by atoms with E-state index in [0.717, 1.165) is 10.8 Å². The van der Waals surface area contributed by atoms with Crippen LogP contribution in [0.4, 0.5) is 0 Å². The van der Waals surface area contributed by atoms with Crippen LogP contribution < -0.4 is 0 Å². The third-order valence-corrected chi connectivity index (χ3v) is 10.3. The minimum Gasteiger partial charge on any atom is -0.351 e. The molecule has 1 saturated heterocycles. The van der Waals surface area contributed by atoms with Crippen LogP contribution in [-0.4, -0.2) is 89.3 Å². The van der Waals surface area contributed by atoms with Gasteiger partial charge in [0.2, 0.25) is 0 Å². The largest absolute Gasteiger partial charge is 0.351 e. The van der Waals surface area contributed by atoms with Gasteiger partial charge in [0.25, 0.3) is 0 Å². The van der Waals surface area contributed by atoms with Crippen molar-refractivity contribution in [3.63, 3.8) is 0 Å². The lowest BCUT2D eigenvalue weighted by Crippen LogP contribution is -2.56. The van der Waals surface area contributed by atoms with Gasteiger partial charge in [-0.15, -0.1) is 0 Å². The summed E-state index contributed by atoms with van der Waals surface area (Å²) in [6.07, 6.45) is 1.53. The molecule has 0 aliphatic carbocycles. The first-order chi connectivity index (χ1) is 13.7. The van der Waals surface area contributed by atoms with Crippen molar-refractivity contribution in [2.45, 2.75) is 38.2 Å². The van der Waals surface area contributed by atoms with Gasteiger partial charge < -0.3 is 4.90 Å². The van der Waals surface area contributed by atoms with Crippen LogP contribution in [0.15, 0.2) is 35.1 Å². The molecule has 1 aliphatic rings. The smallest absolute Gasteiger partial charge is 0.175 e. The summed E-state index contributed by atoms with van der Waals surface area (Å²) in [5, 5.41) is 0.424. The Morgan fingerprint density at radius 2 is 1.27 bits per heavy atom. The second-order valence-corrected chi connectivity index (χ2v) is 14.6. The summed E-state index contributed by atoms with van der Waals surface area (Å²) in [6.45, 7) is 14.3. The van der Waals surface area contributed by atoms with E-state index >= 15 is 0 Å². The van der Waals surface area contributed by atoms with Crippen LogP contribution in [0.25, 0.3) is 0 Å². The third kappa shape index (κ3) is 7.19. The summed E-state index contributed by atoms with van der Waals surface area (Å²) in [5.74, 6) is -0.0279. The molecule has 0 aromatic heterocycles. The first-order valence-corrected chi connectivity index (χ1v) is 14.4. The molecule has 12 heteroatoms. The molecule has 0 bridgehead atoms. The molecule has 9 nitrogen and oxygen atoms in total. The van der Waals surface area contributed by atoms with Gasteiger partial charge in [-0.2, -0.15) is 0 Å². The van der Waals surface area contributed by atoms with Gasteiger partial charge in [0.15, 0.2) is 29.5 Å². The summed E-state index contributed by atoms with van der Waals surface area (Å²) >= 11 is 0. The molecule has 2 unspecified atom stereocenters. The molecule has 0 saturated carbocycles. The van der Waals surface area contributed by atoms with E-state index in [2.05, 4.69) is 13.2 Å². The molecule has 0 aromatic rings.